The van der Waals surface area contributed by atoms with E-state index in [0.717, 1.165) is 0 Å². The molecule has 11 nitrogen and oxygen atoms in total. The summed E-state index contributed by atoms with van der Waals surface area (Å²) in [7, 11) is 0. The van der Waals surface area contributed by atoms with Crippen molar-refractivity contribution >= 4 is 106 Å². The zero-order chi connectivity index (χ0) is 13.3. The van der Waals surface area contributed by atoms with Gasteiger partial charge in [0, 0.05) is 0 Å². The third kappa shape index (κ3) is 4.46. The third-order valence-corrected chi connectivity index (χ3v) is 1.74. The van der Waals surface area contributed by atoms with Crippen molar-refractivity contribution in [3.8, 4) is 11.5 Å². The van der Waals surface area contributed by atoms with Crippen LogP contribution in [0.3, 0.4) is 0 Å². The van der Waals surface area contributed by atoms with E-state index in [1.165, 1.54) is 0 Å². The second kappa shape index (κ2) is 8.26. The molecule has 0 bridgehead atoms. The van der Waals surface area contributed by atoms with E-state index >= 15 is 0 Å². The van der Waals surface area contributed by atoms with Crippen molar-refractivity contribution in [3.63, 3.8) is 0 Å². The van der Waals surface area contributed by atoms with Gasteiger partial charge in [-0.1, -0.05) is 0 Å². The quantitative estimate of drug-likeness (QED) is 0.367. The van der Waals surface area contributed by atoms with Gasteiger partial charge < -0.3 is 10.2 Å². The predicted molar refractivity (Wildman–Crippen MR) is 58.2 cm³/mol. The second-order valence-electron chi connectivity index (χ2n) is 2.69. The van der Waals surface area contributed by atoms with Gasteiger partial charge >= 0.3 is 89.1 Å². The van der Waals surface area contributed by atoms with Crippen LogP contribution in [0, 0.1) is 30.3 Å². The maximum atomic E-state index is 11.1. The first-order valence-corrected chi connectivity index (χ1v) is 3.75. The average molecular weight is 323 g/mol. The molecule has 0 spiro atoms. The molecule has 0 saturated heterocycles. The molecular weight excluding hydrogens is 321 g/mol. The van der Waals surface area contributed by atoms with Gasteiger partial charge in [0.25, 0.3) is 17.1 Å². The minimum atomic E-state index is -1.75. The molecule has 0 aliphatic carbocycles. The molecule has 0 aromatic heterocycles. The van der Waals surface area contributed by atoms with Crippen LogP contribution in [0.25, 0.3) is 0 Å². The van der Waals surface area contributed by atoms with Crippen LogP contribution >= 0.6 is 0 Å². The molecule has 0 aliphatic heterocycles. The Balaban J connectivity index is 0. The third-order valence-electron chi connectivity index (χ3n) is 1.74. The van der Waals surface area contributed by atoms with E-state index in [1.54, 1.807) is 0 Å². The van der Waals surface area contributed by atoms with E-state index in [2.05, 4.69) is 0 Å². The van der Waals surface area contributed by atoms with Crippen LogP contribution in [0.15, 0.2) is 6.07 Å². The molecule has 0 N–H and O–H groups in total. The molecule has 0 amide bonds. The molecule has 0 aliphatic rings. The fourth-order valence-electron chi connectivity index (χ4n) is 1.04. The Morgan fingerprint density at radius 1 is 0.789 bits per heavy atom. The summed E-state index contributed by atoms with van der Waals surface area (Å²) in [4.78, 5) is 26.9. The molecule has 1 aromatic carbocycles. The number of hydrogen-bond donors (Lipinski definition) is 0. The van der Waals surface area contributed by atoms with Gasteiger partial charge in [-0.15, -0.1) is 0 Å². The molecule has 1 rings (SSSR count). The Hall–Kier alpha value is -0.0839. The van der Waals surface area contributed by atoms with Gasteiger partial charge in [0.2, 0.25) is 0 Å². The van der Waals surface area contributed by atoms with E-state index in [0.29, 0.717) is 0 Å². The number of benzene rings is 1. The zero-order valence-electron chi connectivity index (χ0n) is 8.39. The van der Waals surface area contributed by atoms with Crippen LogP contribution in [-0.4, -0.2) is 104 Å². The topological polar surface area (TPSA) is 176 Å². The summed E-state index contributed by atoms with van der Waals surface area (Å²) in [6.07, 6.45) is 0. The van der Waals surface area contributed by atoms with Gasteiger partial charge in [0.15, 0.2) is 0 Å². The fraction of sp³-hybridized carbons (Fsp3) is 0. The molecule has 92 valence electrons. The van der Waals surface area contributed by atoms with Gasteiger partial charge in [-0.2, -0.15) is 0 Å². The predicted octanol–water partition coefficient (Wildman–Crippen LogP) is -1.47. The van der Waals surface area contributed by atoms with Gasteiger partial charge in [-0.3, -0.25) is 30.3 Å². The molecule has 13 heteroatoms. The van der Waals surface area contributed by atoms with E-state index in [9.17, 15) is 40.6 Å². The summed E-state index contributed by atoms with van der Waals surface area (Å²) in [5.74, 6) is -3.51. The Bertz CT molecular complexity index is 512. The van der Waals surface area contributed by atoms with Crippen molar-refractivity contribution in [2.24, 2.45) is 0 Å². The van der Waals surface area contributed by atoms with Crippen LogP contribution in [0.1, 0.15) is 0 Å². The van der Waals surface area contributed by atoms with Gasteiger partial charge in [0.05, 0.1) is 32.3 Å². The molecule has 19 heavy (non-hydrogen) atoms. The number of nitrogens with zero attached hydrogens (tertiary/aromatic N) is 3. The minimum absolute atomic E-state index is 0. The van der Waals surface area contributed by atoms with Crippen molar-refractivity contribution in [2.45, 2.75) is 0 Å². The van der Waals surface area contributed by atoms with E-state index in [4.69, 9.17) is 0 Å². The summed E-state index contributed by atoms with van der Waals surface area (Å²) in [6, 6.07) is 0.109. The number of nitro groups is 3. The van der Waals surface area contributed by atoms with E-state index < -0.39 is 43.3 Å². The number of nitro benzene ring substituents is 3. The molecule has 0 unspecified atom stereocenters. The van der Waals surface area contributed by atoms with E-state index in [-0.39, 0.29) is 95.2 Å². The SMILES string of the molecule is O=[N+]([O-])c1cc([N+](=O)[O-])c([O-])c([N+](=O)[O-])c1[O-].[Ca+2].[KH]. The standard InChI is InChI=1S/C6H3N3O8.Ca.K.H/c10-5-2(7(12)13)1-3(8(14)15)6(11)4(5)9(16)17;;;/h1,10-11H;;;/q;+2;;/p-2. The first-order valence-electron chi connectivity index (χ1n) is 3.75. The summed E-state index contributed by atoms with van der Waals surface area (Å²) < 4.78 is 0. The first-order chi connectivity index (χ1) is 7.77. The normalized spacial score (nSPS) is 8.84. The molecule has 0 saturated carbocycles. The average Bonchev–Trinajstić information content (AvgIpc) is 2.15. The van der Waals surface area contributed by atoms with Crippen molar-refractivity contribution in [3.05, 3.63) is 36.4 Å². The molecule has 1 aromatic rings. The fourth-order valence-corrected chi connectivity index (χ4v) is 1.04. The number of rotatable bonds is 3. The van der Waals surface area contributed by atoms with Crippen LogP contribution in [0.4, 0.5) is 17.1 Å². The van der Waals surface area contributed by atoms with Crippen LogP contribution in [-0.2, 0) is 0 Å². The van der Waals surface area contributed by atoms with Gasteiger partial charge in [-0.25, -0.2) is 0 Å². The zero-order valence-corrected chi connectivity index (χ0v) is 10.6. The maximum absolute atomic E-state index is 11.1. The van der Waals surface area contributed by atoms with Crippen LogP contribution in [0.5, 0.6) is 11.5 Å². The van der Waals surface area contributed by atoms with Crippen molar-refractivity contribution in [1.82, 2.24) is 0 Å². The Morgan fingerprint density at radius 2 is 1.11 bits per heavy atom. The van der Waals surface area contributed by atoms with Crippen molar-refractivity contribution in [2.75, 3.05) is 0 Å². The summed E-state index contributed by atoms with van der Waals surface area (Å²) >= 11 is 0. The van der Waals surface area contributed by atoms with Crippen molar-refractivity contribution < 1.29 is 25.0 Å². The molecule has 0 atom stereocenters. The van der Waals surface area contributed by atoms with Gasteiger partial charge in [-0.05, 0) is 0 Å². The monoisotopic (exact) mass is 323 g/mol. The molecule has 0 heterocycles. The second-order valence-corrected chi connectivity index (χ2v) is 2.69. The van der Waals surface area contributed by atoms with E-state index in [1.807, 2.05) is 0 Å². The Kier molecular flexibility index (Phi) is 9.22. The Labute approximate surface area is 176 Å². The summed E-state index contributed by atoms with van der Waals surface area (Å²) in [6.45, 7) is 0. The van der Waals surface area contributed by atoms with Crippen molar-refractivity contribution in [1.29, 1.82) is 0 Å². The number of hydrogen-bond acceptors (Lipinski definition) is 8. The van der Waals surface area contributed by atoms with Crippen LogP contribution in [0.2, 0.25) is 0 Å². The Morgan fingerprint density at radius 3 is 1.32 bits per heavy atom. The van der Waals surface area contributed by atoms with Crippen LogP contribution < -0.4 is 10.2 Å². The molecule has 0 fully saturated rings. The summed E-state index contributed by atoms with van der Waals surface area (Å²) in [5.41, 5.74) is -4.48. The first kappa shape index (κ1) is 21.2. The molecular formula is C6H2CaKN3O8. The molecule has 0 radical (unpaired) electrons. The summed E-state index contributed by atoms with van der Waals surface area (Å²) in [5, 5.41) is 53.3. The van der Waals surface area contributed by atoms with Gasteiger partial charge in [0.1, 0.15) is 0 Å².